The van der Waals surface area contributed by atoms with Crippen LogP contribution in [-0.4, -0.2) is 33.4 Å². The minimum absolute atomic E-state index is 0.666. The molecular weight excluding hydrogens is 402 g/mol. The number of para-hydroxylation sites is 1. The van der Waals surface area contributed by atoms with Crippen molar-refractivity contribution >= 4 is 38.6 Å². The average Bonchev–Trinajstić information content (AvgIpc) is 2.73. The number of hydrogen-bond acceptors (Lipinski definition) is 5. The zero-order valence-corrected chi connectivity index (χ0v) is 16.9. The minimum atomic E-state index is 0.666. The van der Waals surface area contributed by atoms with Gasteiger partial charge in [-0.1, -0.05) is 34.1 Å². The van der Waals surface area contributed by atoms with E-state index in [1.165, 1.54) is 19.3 Å². The van der Waals surface area contributed by atoms with Gasteiger partial charge in [-0.25, -0.2) is 4.98 Å². The third-order valence-electron chi connectivity index (χ3n) is 5.19. The van der Waals surface area contributed by atoms with E-state index in [1.54, 1.807) is 6.20 Å². The maximum atomic E-state index is 4.88. The van der Waals surface area contributed by atoms with E-state index in [2.05, 4.69) is 55.4 Å². The number of fused-ring (bicyclic) bond motifs is 1. The Labute approximate surface area is 168 Å². The Hall–Kier alpha value is -2.21. The van der Waals surface area contributed by atoms with Crippen molar-refractivity contribution in [3.05, 3.63) is 54.4 Å². The number of rotatable bonds is 6. The molecule has 1 N–H and O–H groups in total. The van der Waals surface area contributed by atoms with Crippen LogP contribution in [0.15, 0.2) is 48.8 Å². The van der Waals surface area contributed by atoms with Crippen molar-refractivity contribution in [3.8, 4) is 0 Å². The molecular formula is C21H24BrN5. The summed E-state index contributed by atoms with van der Waals surface area (Å²) in [5.74, 6) is 2.54. The fraction of sp³-hybridized carbons (Fsp3) is 0.381. The first-order chi connectivity index (χ1) is 13.3. The first kappa shape index (κ1) is 18.2. The molecule has 0 bridgehead atoms. The molecule has 140 valence electrons. The number of benzene rings is 1. The van der Waals surface area contributed by atoms with Crippen molar-refractivity contribution < 1.29 is 0 Å². The molecule has 0 atom stereocenters. The Morgan fingerprint density at radius 3 is 2.70 bits per heavy atom. The van der Waals surface area contributed by atoms with Crippen LogP contribution in [0.4, 0.5) is 11.8 Å². The van der Waals surface area contributed by atoms with E-state index in [4.69, 9.17) is 9.97 Å². The first-order valence-corrected chi connectivity index (χ1v) is 10.7. The summed E-state index contributed by atoms with van der Waals surface area (Å²) in [4.78, 5) is 16.2. The van der Waals surface area contributed by atoms with E-state index in [1.807, 2.05) is 18.3 Å². The summed E-state index contributed by atoms with van der Waals surface area (Å²) < 4.78 is 0. The number of piperidine rings is 1. The van der Waals surface area contributed by atoms with Crippen LogP contribution in [0.25, 0.3) is 10.9 Å². The van der Waals surface area contributed by atoms with Gasteiger partial charge < -0.3 is 10.2 Å². The van der Waals surface area contributed by atoms with Gasteiger partial charge in [0.25, 0.3) is 0 Å². The van der Waals surface area contributed by atoms with Crippen LogP contribution < -0.4 is 10.2 Å². The van der Waals surface area contributed by atoms with Gasteiger partial charge >= 0.3 is 0 Å². The van der Waals surface area contributed by atoms with E-state index >= 15 is 0 Å². The van der Waals surface area contributed by atoms with Gasteiger partial charge in [0.05, 0.1) is 5.52 Å². The van der Waals surface area contributed by atoms with E-state index in [-0.39, 0.29) is 0 Å². The Morgan fingerprint density at radius 2 is 1.93 bits per heavy atom. The van der Waals surface area contributed by atoms with E-state index in [0.717, 1.165) is 46.6 Å². The van der Waals surface area contributed by atoms with Crippen LogP contribution in [0.3, 0.4) is 0 Å². The van der Waals surface area contributed by atoms with E-state index < -0.39 is 0 Å². The molecule has 1 aromatic carbocycles. The number of nitrogens with one attached hydrogen (secondary N) is 1. The van der Waals surface area contributed by atoms with Crippen molar-refractivity contribution in [3.63, 3.8) is 0 Å². The van der Waals surface area contributed by atoms with Crippen LogP contribution in [0.1, 0.15) is 24.8 Å². The summed E-state index contributed by atoms with van der Waals surface area (Å²) in [6.45, 7) is 2.78. The normalized spacial score (nSPS) is 15.2. The third kappa shape index (κ3) is 4.38. The molecule has 0 radical (unpaired) electrons. The molecule has 3 heterocycles. The summed E-state index contributed by atoms with van der Waals surface area (Å²) in [6.07, 6.45) is 7.36. The Bertz CT molecular complexity index is 878. The highest BCUT2D eigenvalue weighted by Gasteiger charge is 2.22. The molecule has 1 aliphatic heterocycles. The van der Waals surface area contributed by atoms with E-state index in [9.17, 15) is 0 Å². The monoisotopic (exact) mass is 425 g/mol. The van der Waals surface area contributed by atoms with Gasteiger partial charge in [0.2, 0.25) is 5.95 Å². The SMILES string of the molecule is BrCCC1CCN(c2nc(NCc3cccnc3)nc3ccccc23)CC1. The quantitative estimate of drug-likeness (QED) is 0.582. The maximum Gasteiger partial charge on any atom is 0.225 e. The van der Waals surface area contributed by atoms with Gasteiger partial charge in [-0.15, -0.1) is 0 Å². The lowest BCUT2D eigenvalue weighted by atomic mass is 9.94. The van der Waals surface area contributed by atoms with Crippen LogP contribution in [0.2, 0.25) is 0 Å². The molecule has 1 aliphatic rings. The summed E-state index contributed by atoms with van der Waals surface area (Å²) in [5, 5.41) is 5.59. The van der Waals surface area contributed by atoms with E-state index in [0.29, 0.717) is 12.5 Å². The Kier molecular flexibility index (Phi) is 5.82. The third-order valence-corrected chi connectivity index (χ3v) is 5.65. The predicted molar refractivity (Wildman–Crippen MR) is 114 cm³/mol. The van der Waals surface area contributed by atoms with Gasteiger partial charge in [-0.05, 0) is 48.9 Å². The molecule has 4 rings (SSSR count). The molecule has 1 fully saturated rings. The molecule has 0 aliphatic carbocycles. The molecule has 1 saturated heterocycles. The molecule has 0 unspecified atom stereocenters. The molecule has 0 amide bonds. The molecule has 0 saturated carbocycles. The number of nitrogens with zero attached hydrogens (tertiary/aromatic N) is 4. The average molecular weight is 426 g/mol. The van der Waals surface area contributed by atoms with Gasteiger partial charge in [0.15, 0.2) is 0 Å². The van der Waals surface area contributed by atoms with Gasteiger partial charge in [-0.2, -0.15) is 4.98 Å². The van der Waals surface area contributed by atoms with Crippen molar-refractivity contribution in [1.82, 2.24) is 15.0 Å². The number of pyridine rings is 1. The molecule has 5 nitrogen and oxygen atoms in total. The largest absolute Gasteiger partial charge is 0.356 e. The second-order valence-corrected chi connectivity index (χ2v) is 7.80. The number of anilines is 2. The lowest BCUT2D eigenvalue weighted by Crippen LogP contribution is -2.34. The van der Waals surface area contributed by atoms with Crippen LogP contribution >= 0.6 is 15.9 Å². The molecule has 2 aromatic heterocycles. The zero-order chi connectivity index (χ0) is 18.5. The summed E-state index contributed by atoms with van der Waals surface area (Å²) in [7, 11) is 0. The molecule has 27 heavy (non-hydrogen) atoms. The lowest BCUT2D eigenvalue weighted by molar-refractivity contribution is 0.397. The van der Waals surface area contributed by atoms with Crippen LogP contribution in [0.5, 0.6) is 0 Å². The lowest BCUT2D eigenvalue weighted by Gasteiger charge is -2.33. The maximum absolute atomic E-state index is 4.88. The standard InChI is InChI=1S/C21H24BrN5/c22-10-7-16-8-12-27(13-9-16)20-18-5-1-2-6-19(18)25-21(26-20)24-15-17-4-3-11-23-14-17/h1-6,11,14,16H,7-10,12-13,15H2,(H,24,25,26). The number of hydrogen-bond donors (Lipinski definition) is 1. The fourth-order valence-electron chi connectivity index (χ4n) is 3.65. The highest BCUT2D eigenvalue weighted by molar-refractivity contribution is 9.09. The van der Waals surface area contributed by atoms with Crippen molar-refractivity contribution in [2.45, 2.75) is 25.8 Å². The Balaban J connectivity index is 1.57. The summed E-state index contributed by atoms with van der Waals surface area (Å²) in [5.41, 5.74) is 2.10. The zero-order valence-electron chi connectivity index (χ0n) is 15.3. The van der Waals surface area contributed by atoms with Crippen molar-refractivity contribution in [1.29, 1.82) is 0 Å². The molecule has 3 aromatic rings. The minimum Gasteiger partial charge on any atom is -0.356 e. The first-order valence-electron chi connectivity index (χ1n) is 9.54. The number of aromatic nitrogens is 3. The van der Waals surface area contributed by atoms with Gasteiger partial charge in [0.1, 0.15) is 5.82 Å². The predicted octanol–water partition coefficient (Wildman–Crippen LogP) is 4.64. The second kappa shape index (κ2) is 8.65. The van der Waals surface area contributed by atoms with Crippen molar-refractivity contribution in [2.24, 2.45) is 5.92 Å². The van der Waals surface area contributed by atoms with Gasteiger partial charge in [-0.3, -0.25) is 4.98 Å². The molecule has 0 spiro atoms. The van der Waals surface area contributed by atoms with Crippen LogP contribution in [-0.2, 0) is 6.54 Å². The highest BCUT2D eigenvalue weighted by atomic mass is 79.9. The number of alkyl halides is 1. The smallest absolute Gasteiger partial charge is 0.225 e. The second-order valence-electron chi connectivity index (χ2n) is 7.01. The number of halogens is 1. The topological polar surface area (TPSA) is 53.9 Å². The fourth-order valence-corrected chi connectivity index (χ4v) is 4.30. The highest BCUT2D eigenvalue weighted by Crippen LogP contribution is 2.30. The Morgan fingerprint density at radius 1 is 1.07 bits per heavy atom. The van der Waals surface area contributed by atoms with Gasteiger partial charge in [0, 0.05) is 42.7 Å². The summed E-state index contributed by atoms with van der Waals surface area (Å²) >= 11 is 3.58. The van der Waals surface area contributed by atoms with Crippen LogP contribution in [0, 0.1) is 5.92 Å². The van der Waals surface area contributed by atoms with Crippen molar-refractivity contribution in [2.75, 3.05) is 28.6 Å². The summed E-state index contributed by atoms with van der Waals surface area (Å²) in [6, 6.07) is 12.3. The molecule has 6 heteroatoms.